The molecule has 2 N–H and O–H groups in total. The Kier molecular flexibility index (Phi) is 2.73. The van der Waals surface area contributed by atoms with Crippen molar-refractivity contribution in [1.82, 2.24) is 9.78 Å². The number of aryl methyl sites for hydroxylation is 1. The lowest BCUT2D eigenvalue weighted by molar-refractivity contribution is 0.466. The molecule has 0 spiro atoms. The number of nitrogens with two attached hydrogens (primary N) is 1. The largest absolute Gasteiger partial charge is 0.394 e. The predicted molar refractivity (Wildman–Crippen MR) is 60.4 cm³/mol. The van der Waals surface area contributed by atoms with Crippen molar-refractivity contribution in [3.8, 4) is 0 Å². The molecule has 0 bridgehead atoms. The Labute approximate surface area is 85.7 Å². The van der Waals surface area contributed by atoms with Crippen LogP contribution in [-0.4, -0.2) is 22.4 Å². The third-order valence-electron chi connectivity index (χ3n) is 2.93. The second-order valence-electron chi connectivity index (χ2n) is 4.31. The molecule has 1 rings (SSSR count). The topological polar surface area (TPSA) is 47.1 Å². The summed E-state index contributed by atoms with van der Waals surface area (Å²) < 4.78 is 1.74. The third kappa shape index (κ3) is 1.84. The number of nitrogen functional groups attached to an aromatic ring is 1. The SMILES string of the molecule is CCC(C)(C)N(C)c1nn(C)cc1N. The molecular weight excluding hydrogens is 176 g/mol. The van der Waals surface area contributed by atoms with E-state index in [1.807, 2.05) is 20.3 Å². The molecule has 1 aromatic rings. The van der Waals surface area contributed by atoms with Gasteiger partial charge in [-0.25, -0.2) is 0 Å². The first-order chi connectivity index (χ1) is 6.38. The highest BCUT2D eigenvalue weighted by atomic mass is 15.4. The average Bonchev–Trinajstić information content (AvgIpc) is 2.44. The highest BCUT2D eigenvalue weighted by molar-refractivity contribution is 5.62. The summed E-state index contributed by atoms with van der Waals surface area (Å²) in [4.78, 5) is 2.13. The lowest BCUT2D eigenvalue weighted by Crippen LogP contribution is -2.41. The van der Waals surface area contributed by atoms with E-state index in [2.05, 4.69) is 30.8 Å². The van der Waals surface area contributed by atoms with Gasteiger partial charge < -0.3 is 10.6 Å². The van der Waals surface area contributed by atoms with Crippen molar-refractivity contribution in [1.29, 1.82) is 0 Å². The molecule has 14 heavy (non-hydrogen) atoms. The molecule has 4 nitrogen and oxygen atoms in total. The monoisotopic (exact) mass is 196 g/mol. The molecule has 1 heterocycles. The molecule has 0 fully saturated rings. The van der Waals surface area contributed by atoms with Gasteiger partial charge in [0.15, 0.2) is 5.82 Å². The zero-order valence-electron chi connectivity index (χ0n) is 9.70. The number of nitrogens with zero attached hydrogens (tertiary/aromatic N) is 3. The van der Waals surface area contributed by atoms with E-state index in [1.165, 1.54) is 0 Å². The highest BCUT2D eigenvalue weighted by Crippen LogP contribution is 2.27. The van der Waals surface area contributed by atoms with Crippen LogP contribution in [0.3, 0.4) is 0 Å². The summed E-state index contributed by atoms with van der Waals surface area (Å²) in [5.41, 5.74) is 6.69. The predicted octanol–water partition coefficient (Wildman–Crippen LogP) is 1.63. The van der Waals surface area contributed by atoms with Crippen LogP contribution in [0.2, 0.25) is 0 Å². The second kappa shape index (κ2) is 3.52. The van der Waals surface area contributed by atoms with Gasteiger partial charge in [-0.1, -0.05) is 6.92 Å². The Morgan fingerprint density at radius 1 is 1.57 bits per heavy atom. The molecule has 0 amide bonds. The smallest absolute Gasteiger partial charge is 0.174 e. The maximum Gasteiger partial charge on any atom is 0.174 e. The lowest BCUT2D eigenvalue weighted by atomic mass is 10.00. The quantitative estimate of drug-likeness (QED) is 0.799. The van der Waals surface area contributed by atoms with Crippen LogP contribution in [0.15, 0.2) is 6.20 Å². The van der Waals surface area contributed by atoms with Crippen molar-refractivity contribution in [3.05, 3.63) is 6.20 Å². The van der Waals surface area contributed by atoms with Crippen LogP contribution in [-0.2, 0) is 7.05 Å². The average molecular weight is 196 g/mol. The molecule has 0 saturated heterocycles. The molecule has 0 radical (unpaired) electrons. The van der Waals surface area contributed by atoms with Crippen LogP contribution >= 0.6 is 0 Å². The Morgan fingerprint density at radius 2 is 2.14 bits per heavy atom. The fraction of sp³-hybridized carbons (Fsp3) is 0.700. The first kappa shape index (κ1) is 10.9. The van der Waals surface area contributed by atoms with Crippen LogP contribution in [0.25, 0.3) is 0 Å². The van der Waals surface area contributed by atoms with Gasteiger partial charge in [-0.2, -0.15) is 5.10 Å². The van der Waals surface area contributed by atoms with Crippen molar-refractivity contribution in [2.24, 2.45) is 7.05 Å². The van der Waals surface area contributed by atoms with Crippen LogP contribution < -0.4 is 10.6 Å². The molecule has 0 saturated carbocycles. The molecule has 0 aliphatic heterocycles. The van der Waals surface area contributed by atoms with Crippen LogP contribution in [0.4, 0.5) is 11.5 Å². The molecule has 4 heteroatoms. The van der Waals surface area contributed by atoms with E-state index < -0.39 is 0 Å². The van der Waals surface area contributed by atoms with E-state index >= 15 is 0 Å². The molecule has 1 aromatic heterocycles. The maximum atomic E-state index is 5.87. The summed E-state index contributed by atoms with van der Waals surface area (Å²) in [5, 5.41) is 4.34. The summed E-state index contributed by atoms with van der Waals surface area (Å²) in [6.45, 7) is 6.53. The zero-order valence-corrected chi connectivity index (χ0v) is 9.70. The summed E-state index contributed by atoms with van der Waals surface area (Å²) in [6, 6.07) is 0. The van der Waals surface area contributed by atoms with Gasteiger partial charge in [0.1, 0.15) is 0 Å². The van der Waals surface area contributed by atoms with Crippen molar-refractivity contribution >= 4 is 11.5 Å². The summed E-state index contributed by atoms with van der Waals surface area (Å²) in [7, 11) is 3.91. The number of hydrogen-bond acceptors (Lipinski definition) is 3. The van der Waals surface area contributed by atoms with Crippen molar-refractivity contribution in [2.45, 2.75) is 32.7 Å². The molecule has 0 aromatic carbocycles. The molecule has 0 aliphatic carbocycles. The summed E-state index contributed by atoms with van der Waals surface area (Å²) in [5.74, 6) is 0.861. The van der Waals surface area contributed by atoms with Gasteiger partial charge in [0.25, 0.3) is 0 Å². The molecule has 80 valence electrons. The minimum atomic E-state index is 0.0858. The van der Waals surface area contributed by atoms with Crippen LogP contribution in [0.5, 0.6) is 0 Å². The molecular formula is C10H20N4. The van der Waals surface area contributed by atoms with Gasteiger partial charge in [0, 0.05) is 25.8 Å². The minimum absolute atomic E-state index is 0.0858. The van der Waals surface area contributed by atoms with Crippen molar-refractivity contribution in [2.75, 3.05) is 17.7 Å². The Bertz CT molecular complexity index is 314. The maximum absolute atomic E-state index is 5.87. The Hall–Kier alpha value is -1.19. The Balaban J connectivity index is 3.00. The standard InChI is InChI=1S/C10H20N4/c1-6-10(2,3)14(5)9-8(11)7-13(4)12-9/h7H,6,11H2,1-5H3. The first-order valence-electron chi connectivity index (χ1n) is 4.91. The number of anilines is 2. The van der Waals surface area contributed by atoms with Crippen LogP contribution in [0.1, 0.15) is 27.2 Å². The normalized spacial score (nSPS) is 11.8. The van der Waals surface area contributed by atoms with E-state index in [0.29, 0.717) is 0 Å². The van der Waals surface area contributed by atoms with E-state index in [1.54, 1.807) is 4.68 Å². The van der Waals surface area contributed by atoms with Crippen molar-refractivity contribution in [3.63, 3.8) is 0 Å². The van der Waals surface area contributed by atoms with E-state index in [0.717, 1.165) is 17.9 Å². The lowest BCUT2D eigenvalue weighted by Gasteiger charge is -2.35. The van der Waals surface area contributed by atoms with Gasteiger partial charge in [0.2, 0.25) is 0 Å². The summed E-state index contributed by atoms with van der Waals surface area (Å²) in [6.07, 6.45) is 2.89. The fourth-order valence-electron chi connectivity index (χ4n) is 1.28. The van der Waals surface area contributed by atoms with Gasteiger partial charge >= 0.3 is 0 Å². The van der Waals surface area contributed by atoms with Gasteiger partial charge in [-0.05, 0) is 20.3 Å². The number of aromatic nitrogens is 2. The number of hydrogen-bond donors (Lipinski definition) is 1. The fourth-order valence-corrected chi connectivity index (χ4v) is 1.28. The number of rotatable bonds is 3. The second-order valence-corrected chi connectivity index (χ2v) is 4.31. The summed E-state index contributed by atoms with van der Waals surface area (Å²) >= 11 is 0. The zero-order chi connectivity index (χ0) is 10.9. The third-order valence-corrected chi connectivity index (χ3v) is 2.93. The molecule has 0 atom stereocenters. The first-order valence-corrected chi connectivity index (χ1v) is 4.91. The van der Waals surface area contributed by atoms with Gasteiger partial charge in [-0.15, -0.1) is 0 Å². The van der Waals surface area contributed by atoms with Crippen LogP contribution in [0, 0.1) is 0 Å². The van der Waals surface area contributed by atoms with Gasteiger partial charge in [0.05, 0.1) is 5.69 Å². The molecule has 0 aliphatic rings. The molecule has 0 unspecified atom stereocenters. The Morgan fingerprint density at radius 3 is 2.50 bits per heavy atom. The van der Waals surface area contributed by atoms with Crippen molar-refractivity contribution < 1.29 is 0 Å². The van der Waals surface area contributed by atoms with E-state index in [-0.39, 0.29) is 5.54 Å². The minimum Gasteiger partial charge on any atom is -0.394 e. The van der Waals surface area contributed by atoms with E-state index in [4.69, 9.17) is 5.73 Å². The van der Waals surface area contributed by atoms with Gasteiger partial charge in [-0.3, -0.25) is 4.68 Å². The highest BCUT2D eigenvalue weighted by Gasteiger charge is 2.24. The van der Waals surface area contributed by atoms with E-state index in [9.17, 15) is 0 Å².